The van der Waals surface area contributed by atoms with Gasteiger partial charge in [0.2, 0.25) is 5.91 Å². The Morgan fingerprint density at radius 3 is 2.32 bits per heavy atom. The molecule has 7 heteroatoms. The standard InChI is InChI=1S/C21H22N2O3S2/c1-25-16-7-5-15(6-8-16)19-14-28-21(22-19)23-20(24)4-3-13-27-18-11-9-17(26-2)10-12-18/h5-12,14H,3-4,13H2,1-2H3,(H,22,23,24). The zero-order valence-electron chi connectivity index (χ0n) is 15.8. The number of carbonyl (C=O) groups is 1. The molecule has 0 aliphatic rings. The summed E-state index contributed by atoms with van der Waals surface area (Å²) in [5, 5.41) is 5.45. The average Bonchev–Trinajstić information content (AvgIpc) is 3.20. The molecule has 0 saturated heterocycles. The predicted molar refractivity (Wildman–Crippen MR) is 116 cm³/mol. The number of rotatable bonds is 9. The van der Waals surface area contributed by atoms with E-state index in [-0.39, 0.29) is 5.91 Å². The molecule has 0 atom stereocenters. The Kier molecular flexibility index (Phi) is 7.33. The van der Waals surface area contributed by atoms with E-state index in [1.165, 1.54) is 16.2 Å². The van der Waals surface area contributed by atoms with E-state index in [1.54, 1.807) is 26.0 Å². The minimum Gasteiger partial charge on any atom is -0.497 e. The smallest absolute Gasteiger partial charge is 0.226 e. The molecule has 0 radical (unpaired) electrons. The second-order valence-electron chi connectivity index (χ2n) is 5.94. The van der Waals surface area contributed by atoms with E-state index >= 15 is 0 Å². The Balaban J connectivity index is 1.42. The summed E-state index contributed by atoms with van der Waals surface area (Å²) >= 11 is 3.16. The number of methoxy groups -OCH3 is 2. The Labute approximate surface area is 173 Å². The summed E-state index contributed by atoms with van der Waals surface area (Å²) in [6.45, 7) is 0. The molecule has 0 aliphatic heterocycles. The fourth-order valence-corrected chi connectivity index (χ4v) is 4.09. The van der Waals surface area contributed by atoms with Crippen molar-refractivity contribution in [1.29, 1.82) is 0 Å². The van der Waals surface area contributed by atoms with Gasteiger partial charge >= 0.3 is 0 Å². The number of thioether (sulfide) groups is 1. The number of carbonyl (C=O) groups excluding carboxylic acids is 1. The molecular weight excluding hydrogens is 392 g/mol. The quantitative estimate of drug-likeness (QED) is 0.378. The van der Waals surface area contributed by atoms with E-state index in [0.29, 0.717) is 11.6 Å². The van der Waals surface area contributed by atoms with Crippen molar-refractivity contribution in [2.45, 2.75) is 17.7 Å². The Morgan fingerprint density at radius 2 is 1.68 bits per heavy atom. The first-order valence-electron chi connectivity index (χ1n) is 8.84. The second-order valence-corrected chi connectivity index (χ2v) is 7.97. The molecule has 3 aromatic rings. The van der Waals surface area contributed by atoms with E-state index in [2.05, 4.69) is 10.3 Å². The highest BCUT2D eigenvalue weighted by Crippen LogP contribution is 2.27. The monoisotopic (exact) mass is 414 g/mol. The molecule has 0 fully saturated rings. The maximum atomic E-state index is 12.1. The molecule has 3 rings (SSSR count). The van der Waals surface area contributed by atoms with Crippen molar-refractivity contribution in [3.8, 4) is 22.8 Å². The van der Waals surface area contributed by atoms with Crippen LogP contribution in [0.25, 0.3) is 11.3 Å². The number of hydrogen-bond donors (Lipinski definition) is 1. The number of aromatic nitrogens is 1. The minimum absolute atomic E-state index is 0.00837. The van der Waals surface area contributed by atoms with Crippen molar-refractivity contribution in [2.75, 3.05) is 25.3 Å². The first-order valence-corrected chi connectivity index (χ1v) is 10.7. The minimum atomic E-state index is -0.00837. The van der Waals surface area contributed by atoms with Gasteiger partial charge < -0.3 is 14.8 Å². The average molecular weight is 415 g/mol. The first-order chi connectivity index (χ1) is 13.7. The van der Waals surface area contributed by atoms with Crippen LogP contribution >= 0.6 is 23.1 Å². The maximum absolute atomic E-state index is 12.1. The third-order valence-corrected chi connectivity index (χ3v) is 5.87. The van der Waals surface area contributed by atoms with Crippen LogP contribution in [-0.2, 0) is 4.79 Å². The lowest BCUT2D eigenvalue weighted by Gasteiger charge is -2.04. The molecule has 1 N–H and O–H groups in total. The van der Waals surface area contributed by atoms with Crippen molar-refractivity contribution in [3.63, 3.8) is 0 Å². The van der Waals surface area contributed by atoms with Gasteiger partial charge in [0.15, 0.2) is 5.13 Å². The van der Waals surface area contributed by atoms with E-state index in [1.807, 2.05) is 53.9 Å². The third-order valence-electron chi connectivity index (χ3n) is 4.01. The van der Waals surface area contributed by atoms with Gasteiger partial charge in [-0.2, -0.15) is 0 Å². The summed E-state index contributed by atoms with van der Waals surface area (Å²) in [6.07, 6.45) is 1.28. The van der Waals surface area contributed by atoms with Gasteiger partial charge in [0, 0.05) is 22.3 Å². The molecule has 5 nitrogen and oxygen atoms in total. The topological polar surface area (TPSA) is 60.5 Å². The summed E-state index contributed by atoms with van der Waals surface area (Å²) < 4.78 is 10.3. The fraction of sp³-hybridized carbons (Fsp3) is 0.238. The first kappa shape index (κ1) is 20.2. The van der Waals surface area contributed by atoms with Crippen LogP contribution in [0, 0.1) is 0 Å². The van der Waals surface area contributed by atoms with E-state index in [9.17, 15) is 4.79 Å². The maximum Gasteiger partial charge on any atom is 0.226 e. The summed E-state index contributed by atoms with van der Waals surface area (Å²) in [4.78, 5) is 17.8. The van der Waals surface area contributed by atoms with Crippen LogP contribution < -0.4 is 14.8 Å². The Morgan fingerprint density at radius 1 is 1.04 bits per heavy atom. The number of benzene rings is 2. The molecule has 1 heterocycles. The van der Waals surface area contributed by atoms with Gasteiger partial charge in [0.25, 0.3) is 0 Å². The van der Waals surface area contributed by atoms with Crippen molar-refractivity contribution >= 4 is 34.1 Å². The molecule has 0 spiro atoms. The van der Waals surface area contributed by atoms with E-state index < -0.39 is 0 Å². The summed E-state index contributed by atoms with van der Waals surface area (Å²) in [5.74, 6) is 2.53. The van der Waals surface area contributed by atoms with Crippen LogP contribution in [0.4, 0.5) is 5.13 Å². The van der Waals surface area contributed by atoms with E-state index in [4.69, 9.17) is 9.47 Å². The lowest BCUT2D eigenvalue weighted by molar-refractivity contribution is -0.116. The molecule has 0 aliphatic carbocycles. The molecule has 0 bridgehead atoms. The number of ether oxygens (including phenoxy) is 2. The van der Waals surface area contributed by atoms with Gasteiger partial charge in [0.05, 0.1) is 19.9 Å². The van der Waals surface area contributed by atoms with Crippen LogP contribution in [0.1, 0.15) is 12.8 Å². The molecule has 28 heavy (non-hydrogen) atoms. The molecule has 0 saturated carbocycles. The molecular formula is C21H22N2O3S2. The van der Waals surface area contributed by atoms with Gasteiger partial charge in [-0.25, -0.2) is 4.98 Å². The highest BCUT2D eigenvalue weighted by atomic mass is 32.2. The van der Waals surface area contributed by atoms with Gasteiger partial charge in [-0.15, -0.1) is 23.1 Å². The third kappa shape index (κ3) is 5.74. The molecule has 1 amide bonds. The highest BCUT2D eigenvalue weighted by Gasteiger charge is 2.08. The van der Waals surface area contributed by atoms with Crippen molar-refractivity contribution in [3.05, 3.63) is 53.9 Å². The van der Waals surface area contributed by atoms with Crippen LogP contribution in [0.15, 0.2) is 58.8 Å². The van der Waals surface area contributed by atoms with Crippen molar-refractivity contribution < 1.29 is 14.3 Å². The number of hydrogen-bond acceptors (Lipinski definition) is 6. The summed E-state index contributed by atoms with van der Waals surface area (Å²) in [5.41, 5.74) is 1.84. The molecule has 0 unspecified atom stereocenters. The Bertz CT molecular complexity index is 893. The van der Waals surface area contributed by atoms with Crippen molar-refractivity contribution in [2.24, 2.45) is 0 Å². The summed E-state index contributed by atoms with van der Waals surface area (Å²) in [6, 6.07) is 15.6. The number of anilines is 1. The normalized spacial score (nSPS) is 10.5. The lowest BCUT2D eigenvalue weighted by atomic mass is 10.2. The van der Waals surface area contributed by atoms with Crippen molar-refractivity contribution in [1.82, 2.24) is 4.98 Å². The van der Waals surface area contributed by atoms with Gasteiger partial charge in [-0.05, 0) is 60.7 Å². The number of thiazole rings is 1. The number of nitrogens with one attached hydrogen (secondary N) is 1. The number of amides is 1. The van der Waals surface area contributed by atoms with Gasteiger partial charge in [0.1, 0.15) is 11.5 Å². The van der Waals surface area contributed by atoms with E-state index in [0.717, 1.165) is 34.9 Å². The van der Waals surface area contributed by atoms with Gasteiger partial charge in [-0.1, -0.05) is 0 Å². The summed E-state index contributed by atoms with van der Waals surface area (Å²) in [7, 11) is 3.30. The molecule has 2 aromatic carbocycles. The van der Waals surface area contributed by atoms with Crippen LogP contribution in [0.5, 0.6) is 11.5 Å². The lowest BCUT2D eigenvalue weighted by Crippen LogP contribution is -2.11. The zero-order chi connectivity index (χ0) is 19.8. The van der Waals surface area contributed by atoms with Gasteiger partial charge in [-0.3, -0.25) is 4.79 Å². The van der Waals surface area contributed by atoms with Crippen LogP contribution in [-0.4, -0.2) is 30.9 Å². The SMILES string of the molecule is COc1ccc(SCCCC(=O)Nc2nc(-c3ccc(OC)cc3)cs2)cc1. The molecule has 146 valence electrons. The molecule has 1 aromatic heterocycles. The largest absolute Gasteiger partial charge is 0.497 e. The highest BCUT2D eigenvalue weighted by molar-refractivity contribution is 7.99. The predicted octanol–water partition coefficient (Wildman–Crippen LogP) is 5.34. The fourth-order valence-electron chi connectivity index (χ4n) is 2.50. The second kappa shape index (κ2) is 10.1. The Hall–Kier alpha value is -2.51. The number of nitrogens with zero attached hydrogens (tertiary/aromatic N) is 1. The van der Waals surface area contributed by atoms with Crippen LogP contribution in [0.2, 0.25) is 0 Å². The van der Waals surface area contributed by atoms with Crippen LogP contribution in [0.3, 0.4) is 0 Å². The zero-order valence-corrected chi connectivity index (χ0v) is 17.4.